The van der Waals surface area contributed by atoms with Gasteiger partial charge in [0.15, 0.2) is 34.8 Å². The molecule has 0 radical (unpaired) electrons. The third-order valence-corrected chi connectivity index (χ3v) is 6.26. The summed E-state index contributed by atoms with van der Waals surface area (Å²) in [5, 5.41) is 0. The predicted octanol–water partition coefficient (Wildman–Crippen LogP) is 7.02. The fraction of sp³-hybridized carbons (Fsp3) is 0.154. The Kier molecular flexibility index (Phi) is 4.74. The van der Waals surface area contributed by atoms with E-state index in [1.54, 1.807) is 6.08 Å². The highest BCUT2D eigenvalue weighted by molar-refractivity contribution is 5.79. The first-order valence-corrected chi connectivity index (χ1v) is 10.7. The van der Waals surface area contributed by atoms with E-state index in [0.717, 1.165) is 22.9 Å². The average molecular weight is 469 g/mol. The molecule has 1 saturated heterocycles. The lowest BCUT2D eigenvalue weighted by Gasteiger charge is -2.38. The first-order valence-electron chi connectivity index (χ1n) is 10.7. The summed E-state index contributed by atoms with van der Waals surface area (Å²) >= 11 is 0. The number of fused-ring (bicyclic) bond motifs is 2. The summed E-state index contributed by atoms with van der Waals surface area (Å²) in [6, 6.07) is 15.2. The highest BCUT2D eigenvalue weighted by atomic mass is 19.2. The molecule has 3 unspecified atom stereocenters. The number of epoxide rings is 1. The van der Waals surface area contributed by atoms with E-state index in [2.05, 4.69) is 4.90 Å². The first kappa shape index (κ1) is 20.9. The van der Waals surface area contributed by atoms with Gasteiger partial charge in [-0.25, -0.2) is 22.0 Å². The lowest BCUT2D eigenvalue weighted by Crippen LogP contribution is -2.32. The van der Waals surface area contributed by atoms with Gasteiger partial charge < -0.3 is 14.4 Å². The van der Waals surface area contributed by atoms with Crippen LogP contribution in [-0.4, -0.2) is 12.1 Å². The minimum absolute atomic E-state index is 0.0821. The molecule has 1 fully saturated rings. The molecule has 0 bridgehead atoms. The van der Waals surface area contributed by atoms with Crippen LogP contribution in [0.4, 0.5) is 33.3 Å². The summed E-state index contributed by atoms with van der Waals surface area (Å²) in [6.45, 7) is 0. The van der Waals surface area contributed by atoms with Crippen LogP contribution in [-0.2, 0) is 4.74 Å². The fourth-order valence-corrected chi connectivity index (χ4v) is 4.58. The van der Waals surface area contributed by atoms with Gasteiger partial charge in [0.1, 0.15) is 12.2 Å². The smallest absolute Gasteiger partial charge is 0.200 e. The molecular weight excluding hydrogens is 453 g/mol. The molecule has 0 N–H and O–H groups in total. The zero-order valence-electron chi connectivity index (χ0n) is 17.4. The van der Waals surface area contributed by atoms with Crippen molar-refractivity contribution < 1.29 is 31.4 Å². The van der Waals surface area contributed by atoms with Crippen LogP contribution in [0.15, 0.2) is 72.3 Å². The molecule has 0 saturated carbocycles. The lowest BCUT2D eigenvalue weighted by molar-refractivity contribution is 0.343. The minimum atomic E-state index is -2.18. The molecular formula is C26H16F5NO2. The van der Waals surface area contributed by atoms with Crippen molar-refractivity contribution in [3.05, 3.63) is 107 Å². The van der Waals surface area contributed by atoms with Crippen molar-refractivity contribution in [2.45, 2.75) is 24.7 Å². The average Bonchev–Trinajstić information content (AvgIpc) is 3.65. The number of benzene rings is 3. The topological polar surface area (TPSA) is 25.0 Å². The van der Waals surface area contributed by atoms with Gasteiger partial charge in [0.2, 0.25) is 5.82 Å². The molecule has 6 rings (SSSR count). The number of anilines is 2. The highest BCUT2D eigenvalue weighted by Crippen LogP contribution is 2.50. The Hall–Kier alpha value is -3.65. The zero-order chi connectivity index (χ0) is 23.6. The van der Waals surface area contributed by atoms with Crippen molar-refractivity contribution in [3.8, 4) is 11.5 Å². The predicted molar refractivity (Wildman–Crippen MR) is 115 cm³/mol. The number of ether oxygens (including phenoxy) is 2. The van der Waals surface area contributed by atoms with E-state index in [1.807, 2.05) is 60.7 Å². The maximum Gasteiger partial charge on any atom is 0.200 e. The van der Waals surface area contributed by atoms with Crippen molar-refractivity contribution in [2.24, 2.45) is 0 Å². The molecule has 0 spiro atoms. The van der Waals surface area contributed by atoms with Crippen molar-refractivity contribution in [1.82, 2.24) is 0 Å². The van der Waals surface area contributed by atoms with E-state index >= 15 is 0 Å². The molecule has 2 aliphatic heterocycles. The molecule has 1 aliphatic carbocycles. The van der Waals surface area contributed by atoms with Crippen LogP contribution in [0.1, 0.15) is 18.1 Å². The molecule has 0 aromatic heterocycles. The second-order valence-electron chi connectivity index (χ2n) is 8.23. The largest absolute Gasteiger partial charge is 0.453 e. The maximum absolute atomic E-state index is 14.2. The molecule has 3 aliphatic rings. The van der Waals surface area contributed by atoms with Crippen LogP contribution in [0, 0.1) is 29.1 Å². The van der Waals surface area contributed by atoms with E-state index in [0.29, 0.717) is 12.0 Å². The number of rotatable bonds is 3. The summed E-state index contributed by atoms with van der Waals surface area (Å²) in [4.78, 5) is 2.15. The standard InChI is InChI=1S/C26H16F5NO2/c27-20-19(21(28)23(30)24(31)22(20)29)26-25(34-26)13-9-11-14(12-10-13)32-15-5-1-3-7-17(15)33-18-8-4-2-6-16(18)32/h1-11,14,25-26H,12H2. The third-order valence-electron chi connectivity index (χ3n) is 6.26. The van der Waals surface area contributed by atoms with Gasteiger partial charge in [-0.15, -0.1) is 0 Å². The van der Waals surface area contributed by atoms with E-state index in [9.17, 15) is 22.0 Å². The molecule has 0 amide bonds. The minimum Gasteiger partial charge on any atom is -0.453 e. The SMILES string of the molecule is Fc1c(F)c(F)c(C2OC2C2=CCC(N3c4ccccc4Oc4ccccc43)C=C2)c(F)c1F. The Morgan fingerprint density at radius 3 is 1.82 bits per heavy atom. The summed E-state index contributed by atoms with van der Waals surface area (Å²) in [7, 11) is 0. The van der Waals surface area contributed by atoms with Crippen molar-refractivity contribution >= 4 is 11.4 Å². The van der Waals surface area contributed by atoms with Crippen LogP contribution in [0.5, 0.6) is 11.5 Å². The number of hydrogen-bond acceptors (Lipinski definition) is 3. The van der Waals surface area contributed by atoms with Crippen LogP contribution in [0.25, 0.3) is 0 Å². The second kappa shape index (κ2) is 7.70. The molecule has 34 heavy (non-hydrogen) atoms. The Bertz CT molecular complexity index is 1310. The van der Waals surface area contributed by atoms with E-state index in [4.69, 9.17) is 9.47 Å². The Balaban J connectivity index is 1.27. The maximum atomic E-state index is 14.2. The molecule has 3 aromatic carbocycles. The van der Waals surface area contributed by atoms with Crippen molar-refractivity contribution in [1.29, 1.82) is 0 Å². The Labute approximate surface area is 191 Å². The molecule has 172 valence electrons. The number of hydrogen-bond donors (Lipinski definition) is 0. The van der Waals surface area contributed by atoms with Crippen LogP contribution < -0.4 is 9.64 Å². The zero-order valence-corrected chi connectivity index (χ0v) is 17.4. The lowest BCUT2D eigenvalue weighted by atomic mass is 9.95. The van der Waals surface area contributed by atoms with Gasteiger partial charge in [0, 0.05) is 0 Å². The van der Waals surface area contributed by atoms with Gasteiger partial charge >= 0.3 is 0 Å². The van der Waals surface area contributed by atoms with Gasteiger partial charge in [-0.2, -0.15) is 0 Å². The number of para-hydroxylation sites is 4. The monoisotopic (exact) mass is 469 g/mol. The fourth-order valence-electron chi connectivity index (χ4n) is 4.58. The van der Waals surface area contributed by atoms with Crippen molar-refractivity contribution in [2.75, 3.05) is 4.90 Å². The summed E-state index contributed by atoms with van der Waals surface area (Å²) in [5.41, 5.74) is 1.48. The van der Waals surface area contributed by atoms with Gasteiger partial charge in [0.05, 0.1) is 23.0 Å². The molecule has 2 heterocycles. The normalized spacial score (nSPS) is 22.6. The number of halogens is 5. The van der Waals surface area contributed by atoms with Gasteiger partial charge in [-0.1, -0.05) is 42.5 Å². The molecule has 8 heteroatoms. The first-order chi connectivity index (χ1) is 16.5. The second-order valence-corrected chi connectivity index (χ2v) is 8.23. The van der Waals surface area contributed by atoms with Gasteiger partial charge in [-0.05, 0) is 36.3 Å². The van der Waals surface area contributed by atoms with Gasteiger partial charge in [0.25, 0.3) is 0 Å². The molecule has 3 nitrogen and oxygen atoms in total. The van der Waals surface area contributed by atoms with Crippen LogP contribution in [0.3, 0.4) is 0 Å². The summed E-state index contributed by atoms with van der Waals surface area (Å²) in [6.07, 6.45) is 4.09. The van der Waals surface area contributed by atoms with Crippen LogP contribution >= 0.6 is 0 Å². The third kappa shape index (κ3) is 3.13. The quantitative estimate of drug-likeness (QED) is 0.178. The number of nitrogens with zero attached hydrogens (tertiary/aromatic N) is 1. The summed E-state index contributed by atoms with van der Waals surface area (Å²) < 4.78 is 80.3. The van der Waals surface area contributed by atoms with E-state index in [1.165, 1.54) is 0 Å². The van der Waals surface area contributed by atoms with E-state index in [-0.39, 0.29) is 6.04 Å². The van der Waals surface area contributed by atoms with Crippen LogP contribution in [0.2, 0.25) is 0 Å². The van der Waals surface area contributed by atoms with Gasteiger partial charge in [-0.3, -0.25) is 0 Å². The summed E-state index contributed by atoms with van der Waals surface area (Å²) in [5.74, 6) is -8.39. The Morgan fingerprint density at radius 1 is 0.706 bits per heavy atom. The highest BCUT2D eigenvalue weighted by Gasteiger charge is 2.48. The van der Waals surface area contributed by atoms with E-state index < -0.39 is 46.9 Å². The van der Waals surface area contributed by atoms with Crippen molar-refractivity contribution in [3.63, 3.8) is 0 Å². The Morgan fingerprint density at radius 2 is 1.26 bits per heavy atom. The molecule has 3 atom stereocenters. The molecule has 3 aromatic rings.